The fraction of sp³-hybridized carbons (Fsp3) is 0.680. The predicted molar refractivity (Wildman–Crippen MR) is 139 cm³/mol. The number of carbonyl (C=O) groups excluding carboxylic acids is 3. The van der Waals surface area contributed by atoms with Gasteiger partial charge in [0.05, 0.1) is 12.2 Å². The van der Waals surface area contributed by atoms with E-state index in [-0.39, 0.29) is 30.3 Å². The van der Waals surface area contributed by atoms with Crippen LogP contribution in [-0.2, 0) is 25.5 Å². The van der Waals surface area contributed by atoms with Crippen LogP contribution in [0.1, 0.15) is 38.2 Å². The van der Waals surface area contributed by atoms with E-state index in [0.29, 0.717) is 55.5 Å². The average molecular weight is 561 g/mol. The summed E-state index contributed by atoms with van der Waals surface area (Å²) in [7, 11) is 1.72. The fourth-order valence-electron chi connectivity index (χ4n) is 5.49. The first-order chi connectivity index (χ1) is 19.2. The fourth-order valence-corrected chi connectivity index (χ4v) is 5.49. The zero-order chi connectivity index (χ0) is 28.6. The Kier molecular flexibility index (Phi) is 8.05. The largest absolute Gasteiger partial charge is 0.448 e. The van der Waals surface area contributed by atoms with Crippen molar-refractivity contribution in [1.29, 1.82) is 0 Å². The molecule has 5 N–H and O–H groups in total. The summed E-state index contributed by atoms with van der Waals surface area (Å²) in [4.78, 5) is 52.9. The topological polar surface area (TPSA) is 198 Å². The maximum Gasteiger partial charge on any atom is 0.409 e. The van der Waals surface area contributed by atoms with Gasteiger partial charge in [0.25, 0.3) is 5.91 Å². The molecule has 0 aliphatic carbocycles. The van der Waals surface area contributed by atoms with Crippen LogP contribution in [0.15, 0.2) is 6.33 Å². The molecule has 5 atom stereocenters. The Labute approximate surface area is 230 Å². The number of likely N-dealkylation sites (N-methyl/N-ethyl adjacent to an activating group) is 1. The number of aliphatic hydroxyl groups excluding tert-OH is 2. The molecule has 15 heteroatoms. The van der Waals surface area contributed by atoms with Crippen molar-refractivity contribution < 1.29 is 34.1 Å². The minimum absolute atomic E-state index is 0.00344. The van der Waals surface area contributed by atoms with E-state index in [0.717, 1.165) is 19.3 Å². The van der Waals surface area contributed by atoms with E-state index in [1.54, 1.807) is 23.8 Å². The lowest BCUT2D eigenvalue weighted by molar-refractivity contribution is -0.147. The number of aliphatic hydroxyl groups is 2. The third kappa shape index (κ3) is 5.40. The molecule has 0 spiro atoms. The lowest BCUT2D eigenvalue weighted by Crippen LogP contribution is -2.52. The van der Waals surface area contributed by atoms with Gasteiger partial charge < -0.3 is 40.5 Å². The van der Waals surface area contributed by atoms with Crippen LogP contribution in [0.4, 0.5) is 10.6 Å². The third-order valence-corrected chi connectivity index (χ3v) is 7.89. The van der Waals surface area contributed by atoms with Crippen LogP contribution in [0.25, 0.3) is 11.2 Å². The van der Waals surface area contributed by atoms with Crippen LogP contribution < -0.4 is 11.1 Å². The van der Waals surface area contributed by atoms with Gasteiger partial charge in [0, 0.05) is 39.6 Å². The molecule has 15 nitrogen and oxygen atoms in total. The molecule has 3 saturated heterocycles. The smallest absolute Gasteiger partial charge is 0.409 e. The van der Waals surface area contributed by atoms with Crippen LogP contribution >= 0.6 is 0 Å². The first-order valence-corrected chi connectivity index (χ1v) is 13.6. The highest BCUT2D eigenvalue weighted by Crippen LogP contribution is 2.32. The maximum absolute atomic E-state index is 12.4. The summed E-state index contributed by atoms with van der Waals surface area (Å²) < 4.78 is 12.5. The Morgan fingerprint density at radius 3 is 2.65 bits per heavy atom. The molecule has 0 radical (unpaired) electrons. The number of aryl methyl sites for hydroxylation is 1. The molecule has 0 aromatic carbocycles. The molecule has 3 aliphatic rings. The number of ether oxygens (including phenoxy) is 2. The van der Waals surface area contributed by atoms with Crippen molar-refractivity contribution in [2.75, 3.05) is 45.6 Å². The van der Waals surface area contributed by atoms with Gasteiger partial charge in [-0.3, -0.25) is 14.2 Å². The molecule has 3 fully saturated rings. The second-order valence-corrected chi connectivity index (χ2v) is 10.6. The van der Waals surface area contributed by atoms with Gasteiger partial charge in [-0.2, -0.15) is 0 Å². The number of fused-ring (bicyclic) bond motifs is 1. The number of rotatable bonds is 8. The Hall–Kier alpha value is -3.56. The number of β-lactam (4-membered cyclic amide) rings is 1. The zero-order valence-corrected chi connectivity index (χ0v) is 22.6. The van der Waals surface area contributed by atoms with Crippen molar-refractivity contribution in [2.24, 2.45) is 11.8 Å². The minimum atomic E-state index is -1.42. The molecule has 3 unspecified atom stereocenters. The number of amides is 3. The number of nitrogens with one attached hydrogen (secondary N) is 1. The first kappa shape index (κ1) is 28.0. The minimum Gasteiger partial charge on any atom is -0.448 e. The van der Waals surface area contributed by atoms with Crippen molar-refractivity contribution >= 4 is 34.9 Å². The number of aromatic nitrogens is 4. The second-order valence-electron chi connectivity index (χ2n) is 10.6. The monoisotopic (exact) mass is 560 g/mol. The molecule has 40 heavy (non-hydrogen) atoms. The lowest BCUT2D eigenvalue weighted by atomic mass is 9.92. The van der Waals surface area contributed by atoms with Crippen LogP contribution in [0, 0.1) is 11.8 Å². The molecular weight excluding hydrogens is 524 g/mol. The standard InChI is InChI=1S/C25H36N8O7/c1-3-27-22(36)19-17(34)18(35)24(40-19)33-12-28-16-20(26)29-15(30-21(16)33)5-4-13-6-8-32(9-7-13)25(38)39-11-14-10-31(2)23(14)37/h12-14,17-19,24,34-35H,3-11H2,1-2H3,(H,27,36)(H2,26,29,30)/t14?,17?,18?,19-,24+/m0/s1. The molecule has 0 saturated carbocycles. The number of nitrogen functional groups attached to an aromatic ring is 1. The van der Waals surface area contributed by atoms with Gasteiger partial charge in [0.2, 0.25) is 5.91 Å². The van der Waals surface area contributed by atoms with Gasteiger partial charge in [-0.15, -0.1) is 0 Å². The van der Waals surface area contributed by atoms with Gasteiger partial charge >= 0.3 is 6.09 Å². The predicted octanol–water partition coefficient (Wildman–Crippen LogP) is -0.967. The van der Waals surface area contributed by atoms with E-state index in [1.165, 1.54) is 10.9 Å². The molecule has 0 bridgehead atoms. The summed E-state index contributed by atoms with van der Waals surface area (Å²) in [6.45, 7) is 3.98. The van der Waals surface area contributed by atoms with E-state index < -0.39 is 30.4 Å². The van der Waals surface area contributed by atoms with Crippen LogP contribution in [0.5, 0.6) is 0 Å². The second kappa shape index (κ2) is 11.5. The van der Waals surface area contributed by atoms with Crippen molar-refractivity contribution in [3.05, 3.63) is 12.2 Å². The number of piperidine rings is 1. The van der Waals surface area contributed by atoms with Crippen molar-refractivity contribution in [2.45, 2.75) is 57.1 Å². The normalized spacial score (nSPS) is 27.2. The summed E-state index contributed by atoms with van der Waals surface area (Å²) in [6, 6.07) is 0. The summed E-state index contributed by atoms with van der Waals surface area (Å²) in [6.07, 6.45) is -1.17. The number of hydrogen-bond donors (Lipinski definition) is 4. The Morgan fingerprint density at radius 2 is 1.98 bits per heavy atom. The van der Waals surface area contributed by atoms with Crippen molar-refractivity contribution in [1.82, 2.24) is 34.6 Å². The molecule has 2 aromatic rings. The Balaban J connectivity index is 1.17. The first-order valence-electron chi connectivity index (χ1n) is 13.6. The maximum atomic E-state index is 12.4. The Bertz CT molecular complexity index is 1260. The molecular formula is C25H36N8O7. The van der Waals surface area contributed by atoms with Crippen LogP contribution in [-0.4, -0.2) is 116 Å². The molecule has 3 amide bonds. The number of likely N-dealkylation sites (tertiary alicyclic amines) is 2. The Morgan fingerprint density at radius 1 is 1.23 bits per heavy atom. The number of hydrogen-bond acceptors (Lipinski definition) is 11. The van der Waals surface area contributed by atoms with E-state index in [4.69, 9.17) is 15.2 Å². The molecule has 218 valence electrons. The summed E-state index contributed by atoms with van der Waals surface area (Å²) >= 11 is 0. The summed E-state index contributed by atoms with van der Waals surface area (Å²) in [5.74, 6) is 0.283. The van der Waals surface area contributed by atoms with Gasteiger partial charge in [-0.1, -0.05) is 0 Å². The number of nitrogens with two attached hydrogens (primary N) is 1. The average Bonchev–Trinajstić information content (AvgIpc) is 3.50. The highest BCUT2D eigenvalue weighted by atomic mass is 16.6. The molecule has 2 aromatic heterocycles. The highest BCUT2D eigenvalue weighted by Gasteiger charge is 2.47. The van der Waals surface area contributed by atoms with Gasteiger partial charge in [-0.25, -0.2) is 19.7 Å². The molecule has 3 aliphatic heterocycles. The number of anilines is 1. The quantitative estimate of drug-likeness (QED) is 0.290. The zero-order valence-electron chi connectivity index (χ0n) is 22.6. The molecule has 5 heterocycles. The van der Waals surface area contributed by atoms with Crippen LogP contribution in [0.2, 0.25) is 0 Å². The molecule has 5 rings (SSSR count). The van der Waals surface area contributed by atoms with Gasteiger partial charge in [-0.05, 0) is 32.1 Å². The third-order valence-electron chi connectivity index (χ3n) is 7.89. The van der Waals surface area contributed by atoms with E-state index >= 15 is 0 Å². The lowest BCUT2D eigenvalue weighted by Gasteiger charge is -2.36. The highest BCUT2D eigenvalue weighted by molar-refractivity contribution is 5.85. The van der Waals surface area contributed by atoms with Crippen LogP contribution in [0.3, 0.4) is 0 Å². The summed E-state index contributed by atoms with van der Waals surface area (Å²) in [5, 5.41) is 23.6. The van der Waals surface area contributed by atoms with Crippen molar-refractivity contribution in [3.63, 3.8) is 0 Å². The number of nitrogens with zero attached hydrogens (tertiary/aromatic N) is 6. The van der Waals surface area contributed by atoms with Crippen molar-refractivity contribution in [3.8, 4) is 0 Å². The number of carbonyl (C=O) groups is 3. The van der Waals surface area contributed by atoms with E-state index in [1.807, 2.05) is 0 Å². The van der Waals surface area contributed by atoms with Gasteiger partial charge in [0.1, 0.15) is 30.2 Å². The van der Waals surface area contributed by atoms with E-state index in [9.17, 15) is 24.6 Å². The van der Waals surface area contributed by atoms with Gasteiger partial charge in [0.15, 0.2) is 23.8 Å². The SMILES string of the molecule is CCNC(=O)[C@H]1O[C@@H](n2cnc3c(N)nc(CCC4CCN(C(=O)OCC5CN(C)C5=O)CC4)nc32)C(O)C1O. The van der Waals surface area contributed by atoms with E-state index in [2.05, 4.69) is 20.3 Å². The summed E-state index contributed by atoms with van der Waals surface area (Å²) in [5.41, 5.74) is 6.83. The number of imidazole rings is 1.